The zero-order chi connectivity index (χ0) is 14.9. The number of aliphatic hydroxyl groups is 1. The maximum atomic E-state index is 11.1. The van der Waals surface area contributed by atoms with Gasteiger partial charge in [0.2, 0.25) is 0 Å². The van der Waals surface area contributed by atoms with Gasteiger partial charge in [0.1, 0.15) is 0 Å². The van der Waals surface area contributed by atoms with E-state index in [1.807, 2.05) is 0 Å². The molecule has 1 aliphatic rings. The molecule has 1 aromatic carbocycles. The molecule has 3 atom stereocenters. The van der Waals surface area contributed by atoms with Crippen molar-refractivity contribution in [2.75, 3.05) is 6.54 Å². The Bertz CT molecular complexity index is 459. The molecule has 0 spiro atoms. The van der Waals surface area contributed by atoms with Crippen LogP contribution in [0.15, 0.2) is 12.1 Å². The van der Waals surface area contributed by atoms with Gasteiger partial charge in [-0.2, -0.15) is 0 Å². The lowest BCUT2D eigenvalue weighted by Crippen LogP contribution is -2.35. The third kappa shape index (κ3) is 2.64. The van der Waals surface area contributed by atoms with E-state index < -0.39 is 6.10 Å². The Morgan fingerprint density at radius 3 is 2.35 bits per heavy atom. The van der Waals surface area contributed by atoms with Crippen LogP contribution in [0.5, 0.6) is 0 Å². The van der Waals surface area contributed by atoms with Crippen molar-refractivity contribution < 1.29 is 5.11 Å². The summed E-state index contributed by atoms with van der Waals surface area (Å²) in [5.74, 6) is 0.722. The van der Waals surface area contributed by atoms with E-state index in [-0.39, 0.29) is 5.41 Å². The molecule has 1 fully saturated rings. The first kappa shape index (κ1) is 15.5. The first-order chi connectivity index (χ1) is 9.43. The zero-order valence-corrected chi connectivity index (χ0v) is 13.4. The van der Waals surface area contributed by atoms with Gasteiger partial charge in [-0.05, 0) is 62.6 Å². The van der Waals surface area contributed by atoms with E-state index in [4.69, 9.17) is 5.73 Å². The van der Waals surface area contributed by atoms with E-state index in [1.165, 1.54) is 29.5 Å². The Balaban J connectivity index is 2.37. The predicted molar refractivity (Wildman–Crippen MR) is 84.7 cm³/mol. The number of aliphatic hydroxyl groups excluding tert-OH is 1. The molecule has 0 saturated heterocycles. The minimum atomic E-state index is -0.426. The van der Waals surface area contributed by atoms with Crippen LogP contribution < -0.4 is 5.73 Å². The molecule has 2 heteroatoms. The highest BCUT2D eigenvalue weighted by Crippen LogP contribution is 2.51. The molecule has 2 nitrogen and oxygen atoms in total. The minimum Gasteiger partial charge on any atom is -0.388 e. The fraction of sp³-hybridized carbons (Fsp3) is 0.667. The van der Waals surface area contributed by atoms with Gasteiger partial charge in [-0.15, -0.1) is 0 Å². The second kappa shape index (κ2) is 5.87. The molecule has 1 aliphatic carbocycles. The van der Waals surface area contributed by atoms with Crippen molar-refractivity contribution in [1.82, 2.24) is 0 Å². The summed E-state index contributed by atoms with van der Waals surface area (Å²) in [6.45, 7) is 9.14. The number of nitrogens with two attached hydrogens (primary N) is 1. The van der Waals surface area contributed by atoms with Crippen LogP contribution >= 0.6 is 0 Å². The van der Waals surface area contributed by atoms with Gasteiger partial charge in [-0.25, -0.2) is 0 Å². The Kier molecular flexibility index (Phi) is 4.55. The molecule has 2 rings (SSSR count). The third-order valence-electron chi connectivity index (χ3n) is 5.32. The first-order valence-corrected chi connectivity index (χ1v) is 7.89. The molecule has 0 heterocycles. The standard InChI is InChI=1S/C18H29NO/c1-5-15-6-7-18(10-15,11-19)17(20)16-13(3)8-12(2)9-14(16)4/h8-9,15,17,20H,5-7,10-11,19H2,1-4H3. The maximum Gasteiger partial charge on any atom is 0.0863 e. The Labute approximate surface area is 123 Å². The van der Waals surface area contributed by atoms with E-state index in [0.717, 1.165) is 24.3 Å². The maximum absolute atomic E-state index is 11.1. The van der Waals surface area contributed by atoms with Gasteiger partial charge in [0.15, 0.2) is 0 Å². The summed E-state index contributed by atoms with van der Waals surface area (Å²) in [7, 11) is 0. The smallest absolute Gasteiger partial charge is 0.0863 e. The second-order valence-corrected chi connectivity index (χ2v) is 6.80. The molecule has 1 saturated carbocycles. The zero-order valence-electron chi connectivity index (χ0n) is 13.4. The van der Waals surface area contributed by atoms with Crippen LogP contribution in [0.2, 0.25) is 0 Å². The lowest BCUT2D eigenvalue weighted by molar-refractivity contribution is 0.0292. The van der Waals surface area contributed by atoms with Crippen LogP contribution in [0, 0.1) is 32.1 Å². The average molecular weight is 275 g/mol. The summed E-state index contributed by atoms with van der Waals surface area (Å²) >= 11 is 0. The van der Waals surface area contributed by atoms with Crippen LogP contribution in [0.1, 0.15) is 61.0 Å². The molecule has 20 heavy (non-hydrogen) atoms. The highest BCUT2D eigenvalue weighted by Gasteiger charge is 2.44. The number of aryl methyl sites for hydroxylation is 3. The van der Waals surface area contributed by atoms with Gasteiger partial charge in [0.25, 0.3) is 0 Å². The fourth-order valence-corrected chi connectivity index (χ4v) is 4.09. The normalized spacial score (nSPS) is 27.8. The summed E-state index contributed by atoms with van der Waals surface area (Å²) < 4.78 is 0. The van der Waals surface area contributed by atoms with E-state index >= 15 is 0 Å². The van der Waals surface area contributed by atoms with Gasteiger partial charge in [0.05, 0.1) is 6.10 Å². The molecule has 0 amide bonds. The molecule has 3 unspecified atom stereocenters. The summed E-state index contributed by atoms with van der Waals surface area (Å²) in [6.07, 6.45) is 4.09. The van der Waals surface area contributed by atoms with E-state index in [0.29, 0.717) is 6.54 Å². The molecule has 0 aliphatic heterocycles. The van der Waals surface area contributed by atoms with Gasteiger partial charge in [-0.1, -0.05) is 31.0 Å². The van der Waals surface area contributed by atoms with Crippen molar-refractivity contribution in [3.05, 3.63) is 34.4 Å². The third-order valence-corrected chi connectivity index (χ3v) is 5.32. The lowest BCUT2D eigenvalue weighted by Gasteiger charge is -2.35. The Morgan fingerprint density at radius 2 is 1.90 bits per heavy atom. The first-order valence-electron chi connectivity index (χ1n) is 7.89. The van der Waals surface area contributed by atoms with E-state index in [1.54, 1.807) is 0 Å². The van der Waals surface area contributed by atoms with Crippen LogP contribution in [0.4, 0.5) is 0 Å². The fourth-order valence-electron chi connectivity index (χ4n) is 4.09. The van der Waals surface area contributed by atoms with Crippen molar-refractivity contribution in [3.8, 4) is 0 Å². The lowest BCUT2D eigenvalue weighted by atomic mass is 9.74. The van der Waals surface area contributed by atoms with Crippen LogP contribution in [0.3, 0.4) is 0 Å². The number of benzene rings is 1. The molecule has 3 N–H and O–H groups in total. The van der Waals surface area contributed by atoms with Crippen molar-refractivity contribution in [2.45, 2.75) is 59.5 Å². The topological polar surface area (TPSA) is 46.2 Å². The molecular formula is C18H29NO. The van der Waals surface area contributed by atoms with Crippen molar-refractivity contribution in [2.24, 2.45) is 17.1 Å². The summed E-state index contributed by atoms with van der Waals surface area (Å²) in [6, 6.07) is 4.34. The van der Waals surface area contributed by atoms with Crippen molar-refractivity contribution in [1.29, 1.82) is 0 Å². The summed E-state index contributed by atoms with van der Waals surface area (Å²) in [5.41, 5.74) is 10.7. The van der Waals surface area contributed by atoms with Crippen molar-refractivity contribution in [3.63, 3.8) is 0 Å². The highest BCUT2D eigenvalue weighted by molar-refractivity contribution is 5.40. The molecule has 0 radical (unpaired) electrons. The highest BCUT2D eigenvalue weighted by atomic mass is 16.3. The largest absolute Gasteiger partial charge is 0.388 e. The summed E-state index contributed by atoms with van der Waals surface area (Å²) in [5, 5.41) is 11.1. The molecule has 112 valence electrons. The second-order valence-electron chi connectivity index (χ2n) is 6.80. The van der Waals surface area contributed by atoms with Gasteiger partial charge in [0, 0.05) is 12.0 Å². The van der Waals surface area contributed by atoms with Crippen LogP contribution in [-0.4, -0.2) is 11.7 Å². The van der Waals surface area contributed by atoms with E-state index in [2.05, 4.69) is 39.8 Å². The van der Waals surface area contributed by atoms with E-state index in [9.17, 15) is 5.11 Å². The molecule has 1 aromatic rings. The minimum absolute atomic E-state index is 0.120. The molecule has 0 aromatic heterocycles. The monoisotopic (exact) mass is 275 g/mol. The summed E-state index contributed by atoms with van der Waals surface area (Å²) in [4.78, 5) is 0. The predicted octanol–water partition coefficient (Wildman–Crippen LogP) is 3.80. The number of rotatable bonds is 4. The van der Waals surface area contributed by atoms with Gasteiger partial charge in [-0.3, -0.25) is 0 Å². The average Bonchev–Trinajstić information content (AvgIpc) is 2.82. The SMILES string of the molecule is CCC1CCC(CN)(C(O)c2c(C)cc(C)cc2C)C1. The van der Waals surface area contributed by atoms with Gasteiger partial charge < -0.3 is 10.8 Å². The molecular weight excluding hydrogens is 246 g/mol. The van der Waals surface area contributed by atoms with Gasteiger partial charge >= 0.3 is 0 Å². The number of hydrogen-bond donors (Lipinski definition) is 2. The van der Waals surface area contributed by atoms with Crippen molar-refractivity contribution >= 4 is 0 Å². The Morgan fingerprint density at radius 1 is 1.30 bits per heavy atom. The number of hydrogen-bond acceptors (Lipinski definition) is 2. The Hall–Kier alpha value is -0.860. The van der Waals surface area contributed by atoms with Crippen LogP contribution in [0.25, 0.3) is 0 Å². The van der Waals surface area contributed by atoms with Crippen LogP contribution in [-0.2, 0) is 0 Å². The molecule has 0 bridgehead atoms. The quantitative estimate of drug-likeness (QED) is 0.878.